The van der Waals surface area contributed by atoms with Gasteiger partial charge in [-0.25, -0.2) is 13.4 Å². The van der Waals surface area contributed by atoms with E-state index in [0.29, 0.717) is 11.3 Å². The summed E-state index contributed by atoms with van der Waals surface area (Å²) in [4.78, 5) is 20.7. The van der Waals surface area contributed by atoms with Gasteiger partial charge in [0.2, 0.25) is 10.0 Å². The minimum Gasteiger partial charge on any atom is -0.363 e. The molecule has 1 aliphatic heterocycles. The quantitative estimate of drug-likeness (QED) is 0.635. The molecule has 0 spiro atoms. The van der Waals surface area contributed by atoms with E-state index in [9.17, 15) is 26.4 Å². The molecule has 0 unspecified atom stereocenters. The van der Waals surface area contributed by atoms with Crippen LogP contribution in [0.3, 0.4) is 0 Å². The number of hydrogen-bond acceptors (Lipinski definition) is 5. The molecule has 2 heterocycles. The average Bonchev–Trinajstić information content (AvgIpc) is 2.72. The molecular formula is C21H26ClF3N4O3S. The van der Waals surface area contributed by atoms with Crippen LogP contribution in [-0.2, 0) is 16.2 Å². The van der Waals surface area contributed by atoms with Crippen molar-refractivity contribution in [2.45, 2.75) is 31.0 Å². The van der Waals surface area contributed by atoms with Gasteiger partial charge in [-0.2, -0.15) is 17.5 Å². The standard InChI is InChI=1S/C21H25F3N4O3S.ClH/c1-14-13-27(32(30,31)17-7-5-16(6-8-17)21(22,23)24)11-12-28(14)20(29)18-9-10-19(26(3)4)25-15(18)2;/h5-10,14H,11-13H2,1-4H3;1H/t14-;/m0./s1. The molecule has 0 saturated carbocycles. The van der Waals surface area contributed by atoms with Gasteiger partial charge in [0.1, 0.15) is 5.82 Å². The second-order valence-electron chi connectivity index (χ2n) is 7.93. The van der Waals surface area contributed by atoms with Crippen LogP contribution in [0.1, 0.15) is 28.5 Å². The summed E-state index contributed by atoms with van der Waals surface area (Å²) in [6, 6.07) is 6.46. The zero-order valence-electron chi connectivity index (χ0n) is 18.6. The van der Waals surface area contributed by atoms with Crippen LogP contribution in [0.15, 0.2) is 41.3 Å². The summed E-state index contributed by atoms with van der Waals surface area (Å²) in [6.45, 7) is 3.73. The Morgan fingerprint density at radius 3 is 2.18 bits per heavy atom. The van der Waals surface area contributed by atoms with Crippen LogP contribution >= 0.6 is 12.4 Å². The van der Waals surface area contributed by atoms with E-state index in [2.05, 4.69) is 4.98 Å². The minimum atomic E-state index is -4.54. The number of carbonyl (C=O) groups excluding carboxylic acids is 1. The third kappa shape index (κ3) is 5.59. The Morgan fingerprint density at radius 2 is 1.70 bits per heavy atom. The first-order chi connectivity index (χ1) is 14.8. The SMILES string of the molecule is Cc1nc(N(C)C)ccc1C(=O)N1CCN(S(=O)(=O)c2ccc(C(F)(F)F)cc2)C[C@@H]1C.Cl. The van der Waals surface area contributed by atoms with Crippen LogP contribution in [0.25, 0.3) is 0 Å². The number of rotatable bonds is 4. The number of benzene rings is 1. The highest BCUT2D eigenvalue weighted by Crippen LogP contribution is 2.30. The molecular weight excluding hydrogens is 481 g/mol. The van der Waals surface area contributed by atoms with E-state index < -0.39 is 27.8 Å². The van der Waals surface area contributed by atoms with E-state index in [1.165, 1.54) is 4.31 Å². The van der Waals surface area contributed by atoms with Gasteiger partial charge >= 0.3 is 6.18 Å². The van der Waals surface area contributed by atoms with E-state index in [1.807, 2.05) is 19.0 Å². The fourth-order valence-corrected chi connectivity index (χ4v) is 5.10. The van der Waals surface area contributed by atoms with Crippen LogP contribution in [-0.4, -0.2) is 68.3 Å². The molecule has 0 N–H and O–H groups in total. The van der Waals surface area contributed by atoms with Crippen molar-refractivity contribution in [3.63, 3.8) is 0 Å². The summed E-state index contributed by atoms with van der Waals surface area (Å²) < 4.78 is 65.3. The zero-order chi connectivity index (χ0) is 23.8. The van der Waals surface area contributed by atoms with Crippen molar-refractivity contribution >= 4 is 34.2 Å². The molecule has 33 heavy (non-hydrogen) atoms. The molecule has 12 heteroatoms. The summed E-state index contributed by atoms with van der Waals surface area (Å²) >= 11 is 0. The van der Waals surface area contributed by atoms with Gasteiger partial charge in [0.05, 0.1) is 21.7 Å². The number of hydrogen-bond donors (Lipinski definition) is 0. The smallest absolute Gasteiger partial charge is 0.363 e. The van der Waals surface area contributed by atoms with Crippen molar-refractivity contribution in [1.82, 2.24) is 14.2 Å². The first kappa shape index (κ1) is 26.9. The van der Waals surface area contributed by atoms with Gasteiger partial charge in [0.25, 0.3) is 5.91 Å². The molecule has 7 nitrogen and oxygen atoms in total. The Morgan fingerprint density at radius 1 is 1.09 bits per heavy atom. The molecule has 182 valence electrons. The Balaban J connectivity index is 0.00000385. The number of aromatic nitrogens is 1. The van der Waals surface area contributed by atoms with Gasteiger partial charge in [0.15, 0.2) is 0 Å². The minimum absolute atomic E-state index is 0. The number of carbonyl (C=O) groups is 1. The number of halogens is 4. The molecule has 2 aromatic rings. The second-order valence-corrected chi connectivity index (χ2v) is 9.87. The lowest BCUT2D eigenvalue weighted by Gasteiger charge is -2.39. The van der Waals surface area contributed by atoms with Gasteiger partial charge in [-0.15, -0.1) is 12.4 Å². The Labute approximate surface area is 197 Å². The highest BCUT2D eigenvalue weighted by atomic mass is 35.5. The Kier molecular flexibility index (Phi) is 8.03. The van der Waals surface area contributed by atoms with Gasteiger partial charge in [-0.3, -0.25) is 4.79 Å². The molecule has 1 aromatic heterocycles. The number of sulfonamides is 1. The Hall–Kier alpha value is -2.37. The van der Waals surface area contributed by atoms with E-state index in [1.54, 1.807) is 30.9 Å². The van der Waals surface area contributed by atoms with Crippen molar-refractivity contribution in [2.75, 3.05) is 38.6 Å². The van der Waals surface area contributed by atoms with Crippen molar-refractivity contribution in [3.05, 3.63) is 53.2 Å². The van der Waals surface area contributed by atoms with Crippen LogP contribution in [0.2, 0.25) is 0 Å². The predicted molar refractivity (Wildman–Crippen MR) is 121 cm³/mol. The van der Waals surface area contributed by atoms with Crippen molar-refractivity contribution in [2.24, 2.45) is 0 Å². The normalized spacial score (nSPS) is 17.4. The molecule has 1 saturated heterocycles. The number of alkyl halides is 3. The number of nitrogens with zero attached hydrogens (tertiary/aromatic N) is 4. The zero-order valence-corrected chi connectivity index (χ0v) is 20.3. The van der Waals surface area contributed by atoms with Gasteiger partial charge in [0, 0.05) is 39.8 Å². The third-order valence-electron chi connectivity index (χ3n) is 5.43. The molecule has 0 aliphatic carbocycles. The van der Waals surface area contributed by atoms with E-state index in [0.717, 1.165) is 30.1 Å². The summed E-state index contributed by atoms with van der Waals surface area (Å²) in [5.41, 5.74) is 0.110. The van der Waals surface area contributed by atoms with Gasteiger partial charge in [-0.1, -0.05) is 0 Å². The molecule has 3 rings (SSSR count). The highest BCUT2D eigenvalue weighted by Gasteiger charge is 2.36. The lowest BCUT2D eigenvalue weighted by atomic mass is 10.1. The van der Waals surface area contributed by atoms with E-state index in [4.69, 9.17) is 0 Å². The molecule has 1 aliphatic rings. The van der Waals surface area contributed by atoms with Crippen molar-refractivity contribution in [1.29, 1.82) is 0 Å². The van der Waals surface area contributed by atoms with Gasteiger partial charge in [-0.05, 0) is 50.2 Å². The maximum Gasteiger partial charge on any atom is 0.416 e. The lowest BCUT2D eigenvalue weighted by Crippen LogP contribution is -2.55. The maximum atomic E-state index is 13.1. The largest absolute Gasteiger partial charge is 0.416 e. The summed E-state index contributed by atoms with van der Waals surface area (Å²) in [5.74, 6) is 0.485. The monoisotopic (exact) mass is 506 g/mol. The van der Waals surface area contributed by atoms with E-state index >= 15 is 0 Å². The lowest BCUT2D eigenvalue weighted by molar-refractivity contribution is -0.137. The van der Waals surface area contributed by atoms with Crippen LogP contribution in [0, 0.1) is 6.92 Å². The fraction of sp³-hybridized carbons (Fsp3) is 0.429. The topological polar surface area (TPSA) is 73.8 Å². The van der Waals surface area contributed by atoms with E-state index in [-0.39, 0.29) is 42.8 Å². The summed E-state index contributed by atoms with van der Waals surface area (Å²) in [6.07, 6.45) is -4.54. The summed E-state index contributed by atoms with van der Waals surface area (Å²) in [5, 5.41) is 0. The fourth-order valence-electron chi connectivity index (χ4n) is 3.59. The van der Waals surface area contributed by atoms with Crippen LogP contribution in [0.5, 0.6) is 0 Å². The average molecular weight is 507 g/mol. The molecule has 0 radical (unpaired) electrons. The van der Waals surface area contributed by atoms with Crippen LogP contribution in [0.4, 0.5) is 19.0 Å². The predicted octanol–water partition coefficient (Wildman–Crippen LogP) is 3.43. The second kappa shape index (κ2) is 9.86. The molecule has 1 atom stereocenters. The van der Waals surface area contributed by atoms with Crippen molar-refractivity contribution in [3.8, 4) is 0 Å². The number of amides is 1. The van der Waals surface area contributed by atoms with Gasteiger partial charge < -0.3 is 9.80 Å². The summed E-state index contributed by atoms with van der Waals surface area (Å²) in [7, 11) is -0.286. The number of aryl methyl sites for hydroxylation is 1. The maximum absolute atomic E-state index is 13.1. The van der Waals surface area contributed by atoms with Crippen LogP contribution < -0.4 is 4.90 Å². The van der Waals surface area contributed by atoms with Crippen molar-refractivity contribution < 1.29 is 26.4 Å². The molecule has 1 fully saturated rings. The number of piperazine rings is 1. The third-order valence-corrected chi connectivity index (χ3v) is 7.31. The molecule has 1 amide bonds. The first-order valence-corrected chi connectivity index (χ1v) is 11.4. The molecule has 0 bridgehead atoms. The number of anilines is 1. The highest BCUT2D eigenvalue weighted by molar-refractivity contribution is 7.89. The Bertz CT molecular complexity index is 1110. The number of pyridine rings is 1. The first-order valence-electron chi connectivity index (χ1n) is 9.95. The molecule has 1 aromatic carbocycles.